The molecule has 1 N–H and O–H groups in total. The molecule has 0 radical (unpaired) electrons. The summed E-state index contributed by atoms with van der Waals surface area (Å²) in [5.74, 6) is 0.974. The van der Waals surface area contributed by atoms with Crippen molar-refractivity contribution in [1.82, 2.24) is 15.0 Å². The van der Waals surface area contributed by atoms with Crippen molar-refractivity contribution in [3.8, 4) is 11.1 Å². The van der Waals surface area contributed by atoms with Crippen LogP contribution in [0.5, 0.6) is 0 Å². The first-order valence-electron chi connectivity index (χ1n) is 6.97. The maximum Gasteiger partial charge on any atom is 0.156 e. The first-order valence-corrected chi connectivity index (χ1v) is 6.97. The fraction of sp³-hybridized carbons (Fsp3) is 0.250. The van der Waals surface area contributed by atoms with Crippen molar-refractivity contribution in [1.29, 1.82) is 0 Å². The molecule has 0 aliphatic heterocycles. The van der Waals surface area contributed by atoms with Crippen molar-refractivity contribution in [2.45, 2.75) is 13.8 Å². The van der Waals surface area contributed by atoms with Crippen LogP contribution in [0.1, 0.15) is 13.8 Å². The molecule has 0 spiro atoms. The molecule has 0 saturated carbocycles. The molecule has 0 unspecified atom stereocenters. The van der Waals surface area contributed by atoms with Gasteiger partial charge >= 0.3 is 0 Å². The number of anilines is 1. The number of fused-ring (bicyclic) bond motifs is 1. The van der Waals surface area contributed by atoms with Crippen molar-refractivity contribution < 1.29 is 0 Å². The fourth-order valence-corrected chi connectivity index (χ4v) is 2.53. The molecule has 0 saturated heterocycles. The quantitative estimate of drug-likeness (QED) is 0.786. The van der Waals surface area contributed by atoms with E-state index in [0.717, 1.165) is 35.5 Å². The summed E-state index contributed by atoms with van der Waals surface area (Å²) in [5, 5.41) is 0. The van der Waals surface area contributed by atoms with E-state index in [1.54, 1.807) is 6.33 Å². The Labute approximate surface area is 118 Å². The van der Waals surface area contributed by atoms with Gasteiger partial charge in [-0.1, -0.05) is 30.3 Å². The third-order valence-electron chi connectivity index (χ3n) is 3.59. The van der Waals surface area contributed by atoms with Crippen LogP contribution < -0.4 is 4.90 Å². The Bertz CT molecular complexity index is 699. The molecule has 3 rings (SSSR count). The van der Waals surface area contributed by atoms with Crippen molar-refractivity contribution >= 4 is 16.9 Å². The molecule has 0 bridgehead atoms. The highest BCUT2D eigenvalue weighted by Crippen LogP contribution is 2.30. The van der Waals surface area contributed by atoms with Crippen LogP contribution in [0.4, 0.5) is 5.82 Å². The van der Waals surface area contributed by atoms with Gasteiger partial charge in [0.2, 0.25) is 0 Å². The van der Waals surface area contributed by atoms with Gasteiger partial charge in [0, 0.05) is 24.8 Å². The van der Waals surface area contributed by atoms with E-state index in [2.05, 4.69) is 45.8 Å². The predicted octanol–water partition coefficient (Wildman–Crippen LogP) is 3.47. The highest BCUT2D eigenvalue weighted by atomic mass is 15.2. The molecule has 4 nitrogen and oxygen atoms in total. The zero-order valence-corrected chi connectivity index (χ0v) is 11.8. The molecule has 2 aromatic heterocycles. The number of aromatic nitrogens is 3. The van der Waals surface area contributed by atoms with Crippen LogP contribution in [0.2, 0.25) is 0 Å². The van der Waals surface area contributed by atoms with Crippen molar-refractivity contribution in [3.05, 3.63) is 42.9 Å². The van der Waals surface area contributed by atoms with Gasteiger partial charge < -0.3 is 9.88 Å². The van der Waals surface area contributed by atoms with E-state index < -0.39 is 0 Å². The SMILES string of the molecule is CCN(CC)c1ncnc2c(-c3ccccc3)c[nH]c12. The second kappa shape index (κ2) is 5.33. The molecular formula is C16H18N4. The van der Waals surface area contributed by atoms with E-state index >= 15 is 0 Å². The molecule has 0 aliphatic carbocycles. The van der Waals surface area contributed by atoms with Gasteiger partial charge in [-0.3, -0.25) is 0 Å². The number of rotatable bonds is 4. The second-order valence-corrected chi connectivity index (χ2v) is 4.66. The van der Waals surface area contributed by atoms with E-state index in [-0.39, 0.29) is 0 Å². The average molecular weight is 266 g/mol. The summed E-state index contributed by atoms with van der Waals surface area (Å²) >= 11 is 0. The fourth-order valence-electron chi connectivity index (χ4n) is 2.53. The molecular weight excluding hydrogens is 248 g/mol. The van der Waals surface area contributed by atoms with Gasteiger partial charge in [0.25, 0.3) is 0 Å². The minimum absolute atomic E-state index is 0.933. The summed E-state index contributed by atoms with van der Waals surface area (Å²) < 4.78 is 0. The molecule has 0 amide bonds. The third kappa shape index (κ3) is 2.03. The van der Waals surface area contributed by atoms with Crippen LogP contribution in [0.25, 0.3) is 22.2 Å². The second-order valence-electron chi connectivity index (χ2n) is 4.66. The topological polar surface area (TPSA) is 44.8 Å². The minimum Gasteiger partial charge on any atom is -0.356 e. The van der Waals surface area contributed by atoms with Crippen molar-refractivity contribution in [3.63, 3.8) is 0 Å². The zero-order chi connectivity index (χ0) is 13.9. The highest BCUT2D eigenvalue weighted by molar-refractivity contribution is 5.97. The zero-order valence-electron chi connectivity index (χ0n) is 11.8. The number of nitrogens with one attached hydrogen (secondary N) is 1. The van der Waals surface area contributed by atoms with E-state index in [4.69, 9.17) is 0 Å². The number of H-pyrrole nitrogens is 1. The average Bonchev–Trinajstić information content (AvgIpc) is 2.94. The molecule has 0 aliphatic rings. The van der Waals surface area contributed by atoms with Crippen LogP contribution in [0.15, 0.2) is 42.9 Å². The van der Waals surface area contributed by atoms with Crippen LogP contribution in [-0.4, -0.2) is 28.0 Å². The summed E-state index contributed by atoms with van der Waals surface area (Å²) in [4.78, 5) is 14.5. The summed E-state index contributed by atoms with van der Waals surface area (Å²) in [6.45, 7) is 6.14. The number of hydrogen-bond acceptors (Lipinski definition) is 3. The van der Waals surface area contributed by atoms with E-state index in [1.165, 1.54) is 5.56 Å². The summed E-state index contributed by atoms with van der Waals surface area (Å²) in [6.07, 6.45) is 3.66. The summed E-state index contributed by atoms with van der Waals surface area (Å²) in [6, 6.07) is 10.3. The lowest BCUT2D eigenvalue weighted by molar-refractivity contribution is 0.847. The molecule has 2 heterocycles. The smallest absolute Gasteiger partial charge is 0.156 e. The maximum absolute atomic E-state index is 4.46. The highest BCUT2D eigenvalue weighted by Gasteiger charge is 2.14. The van der Waals surface area contributed by atoms with E-state index in [1.807, 2.05) is 24.4 Å². The molecule has 102 valence electrons. The lowest BCUT2D eigenvalue weighted by atomic mass is 10.1. The van der Waals surface area contributed by atoms with Crippen LogP contribution >= 0.6 is 0 Å². The molecule has 0 atom stereocenters. The number of hydrogen-bond donors (Lipinski definition) is 1. The van der Waals surface area contributed by atoms with Gasteiger partial charge in [-0.15, -0.1) is 0 Å². The Kier molecular flexibility index (Phi) is 3.37. The minimum atomic E-state index is 0.933. The Morgan fingerprint density at radius 2 is 1.80 bits per heavy atom. The Hall–Kier alpha value is -2.36. The van der Waals surface area contributed by atoms with Gasteiger partial charge in [0.1, 0.15) is 17.4 Å². The molecule has 4 heteroatoms. The number of aromatic amines is 1. The normalized spacial score (nSPS) is 10.9. The Balaban J connectivity index is 2.17. The van der Waals surface area contributed by atoms with Crippen molar-refractivity contribution in [2.75, 3.05) is 18.0 Å². The molecule has 0 fully saturated rings. The van der Waals surface area contributed by atoms with Gasteiger partial charge in [-0.2, -0.15) is 0 Å². The lowest BCUT2D eigenvalue weighted by Crippen LogP contribution is -2.23. The number of benzene rings is 1. The van der Waals surface area contributed by atoms with E-state index in [9.17, 15) is 0 Å². The van der Waals surface area contributed by atoms with Gasteiger partial charge in [-0.05, 0) is 19.4 Å². The lowest BCUT2D eigenvalue weighted by Gasteiger charge is -2.19. The van der Waals surface area contributed by atoms with Crippen LogP contribution in [0, 0.1) is 0 Å². The number of nitrogens with zero attached hydrogens (tertiary/aromatic N) is 3. The third-order valence-corrected chi connectivity index (χ3v) is 3.59. The van der Waals surface area contributed by atoms with Gasteiger partial charge in [0.05, 0.1) is 0 Å². The monoisotopic (exact) mass is 266 g/mol. The maximum atomic E-state index is 4.46. The van der Waals surface area contributed by atoms with E-state index in [0.29, 0.717) is 0 Å². The Morgan fingerprint density at radius 1 is 1.05 bits per heavy atom. The summed E-state index contributed by atoms with van der Waals surface area (Å²) in [7, 11) is 0. The summed E-state index contributed by atoms with van der Waals surface area (Å²) in [5.41, 5.74) is 4.28. The van der Waals surface area contributed by atoms with Crippen LogP contribution in [-0.2, 0) is 0 Å². The predicted molar refractivity (Wildman–Crippen MR) is 82.9 cm³/mol. The van der Waals surface area contributed by atoms with Gasteiger partial charge in [-0.25, -0.2) is 9.97 Å². The largest absolute Gasteiger partial charge is 0.356 e. The Morgan fingerprint density at radius 3 is 2.50 bits per heavy atom. The van der Waals surface area contributed by atoms with Crippen molar-refractivity contribution in [2.24, 2.45) is 0 Å². The molecule has 20 heavy (non-hydrogen) atoms. The molecule has 1 aromatic carbocycles. The molecule has 3 aromatic rings. The first-order chi connectivity index (χ1) is 9.85. The standard InChI is InChI=1S/C16H18N4/c1-3-20(4-2)16-15-14(18-11-19-16)13(10-17-15)12-8-6-5-7-9-12/h5-11,17H,3-4H2,1-2H3. The van der Waals surface area contributed by atoms with Gasteiger partial charge in [0.15, 0.2) is 5.82 Å². The van der Waals surface area contributed by atoms with Crippen LogP contribution in [0.3, 0.4) is 0 Å². The first kappa shape index (κ1) is 12.7.